The predicted octanol–water partition coefficient (Wildman–Crippen LogP) is 3.66. The molecule has 0 bridgehead atoms. The molecule has 0 aromatic heterocycles. The van der Waals surface area contributed by atoms with E-state index in [1.165, 1.54) is 17.2 Å². The van der Waals surface area contributed by atoms with E-state index in [1.54, 1.807) is 12.1 Å². The quantitative estimate of drug-likeness (QED) is 0.851. The highest BCUT2D eigenvalue weighted by molar-refractivity contribution is 5.69. The van der Waals surface area contributed by atoms with Crippen molar-refractivity contribution in [3.05, 3.63) is 58.9 Å². The van der Waals surface area contributed by atoms with Crippen molar-refractivity contribution in [1.82, 2.24) is 0 Å². The maximum Gasteiger partial charge on any atom is 0.123 e. The highest BCUT2D eigenvalue weighted by atomic mass is 19.1. The van der Waals surface area contributed by atoms with Crippen molar-refractivity contribution < 1.29 is 4.39 Å². The zero-order valence-corrected chi connectivity index (χ0v) is 11.6. The number of aryl methyl sites for hydroxylation is 2. The van der Waals surface area contributed by atoms with E-state index in [9.17, 15) is 4.39 Å². The summed E-state index contributed by atoms with van der Waals surface area (Å²) in [6, 6.07) is 10.7. The fourth-order valence-corrected chi connectivity index (χ4v) is 2.15. The summed E-state index contributed by atoms with van der Waals surface area (Å²) in [5.41, 5.74) is 11.1. The fraction of sp³-hybridized carbons (Fsp3) is 0.250. The second-order valence-corrected chi connectivity index (χ2v) is 4.98. The van der Waals surface area contributed by atoms with Gasteiger partial charge in [0.2, 0.25) is 0 Å². The lowest BCUT2D eigenvalue weighted by atomic mass is 10.1. The zero-order valence-electron chi connectivity index (χ0n) is 11.6. The Kier molecular flexibility index (Phi) is 3.74. The molecule has 0 heterocycles. The predicted molar refractivity (Wildman–Crippen MR) is 78.8 cm³/mol. The van der Waals surface area contributed by atoms with Crippen molar-refractivity contribution in [3.8, 4) is 0 Å². The topological polar surface area (TPSA) is 29.3 Å². The van der Waals surface area contributed by atoms with Gasteiger partial charge in [-0.2, -0.15) is 0 Å². The van der Waals surface area contributed by atoms with Gasteiger partial charge >= 0.3 is 0 Å². The van der Waals surface area contributed by atoms with Crippen molar-refractivity contribution in [2.75, 3.05) is 17.7 Å². The standard InChI is InChI=1S/C16H19FN2/c1-11-7-15(18)16(8-12(11)2)19(3)10-13-5-4-6-14(17)9-13/h4-9H,10,18H2,1-3H3. The molecule has 0 aliphatic carbocycles. The Morgan fingerprint density at radius 3 is 2.47 bits per heavy atom. The van der Waals surface area contributed by atoms with Crippen LogP contribution in [0.3, 0.4) is 0 Å². The van der Waals surface area contributed by atoms with Gasteiger partial charge in [0.1, 0.15) is 5.82 Å². The number of nitrogen functional groups attached to an aromatic ring is 1. The van der Waals surface area contributed by atoms with E-state index in [2.05, 4.69) is 13.0 Å². The largest absolute Gasteiger partial charge is 0.397 e. The lowest BCUT2D eigenvalue weighted by Gasteiger charge is -2.22. The van der Waals surface area contributed by atoms with Crippen molar-refractivity contribution in [2.45, 2.75) is 20.4 Å². The number of benzene rings is 2. The minimum atomic E-state index is -0.209. The molecule has 0 fully saturated rings. The van der Waals surface area contributed by atoms with Crippen molar-refractivity contribution in [3.63, 3.8) is 0 Å². The summed E-state index contributed by atoms with van der Waals surface area (Å²) in [7, 11) is 1.96. The van der Waals surface area contributed by atoms with Gasteiger partial charge in [-0.25, -0.2) is 4.39 Å². The second kappa shape index (κ2) is 5.31. The normalized spacial score (nSPS) is 10.5. The van der Waals surface area contributed by atoms with Crippen LogP contribution in [0.1, 0.15) is 16.7 Å². The van der Waals surface area contributed by atoms with Gasteiger partial charge in [0.05, 0.1) is 11.4 Å². The molecule has 0 saturated heterocycles. The highest BCUT2D eigenvalue weighted by Gasteiger charge is 2.08. The van der Waals surface area contributed by atoms with Crippen LogP contribution in [0, 0.1) is 19.7 Å². The first-order valence-corrected chi connectivity index (χ1v) is 6.29. The van der Waals surface area contributed by atoms with Crippen molar-refractivity contribution in [2.24, 2.45) is 0 Å². The van der Waals surface area contributed by atoms with Gasteiger partial charge in [-0.05, 0) is 54.8 Å². The van der Waals surface area contributed by atoms with Crippen LogP contribution < -0.4 is 10.6 Å². The lowest BCUT2D eigenvalue weighted by Crippen LogP contribution is -2.18. The molecule has 2 aromatic carbocycles. The molecular weight excluding hydrogens is 239 g/mol. The van der Waals surface area contributed by atoms with E-state index < -0.39 is 0 Å². The number of hydrogen-bond acceptors (Lipinski definition) is 2. The first kappa shape index (κ1) is 13.4. The highest BCUT2D eigenvalue weighted by Crippen LogP contribution is 2.27. The first-order chi connectivity index (χ1) is 8.97. The van der Waals surface area contributed by atoms with Crippen LogP contribution in [0.2, 0.25) is 0 Å². The van der Waals surface area contributed by atoms with E-state index >= 15 is 0 Å². The van der Waals surface area contributed by atoms with Crippen LogP contribution in [0.5, 0.6) is 0 Å². The molecule has 0 amide bonds. The molecule has 100 valence electrons. The fourth-order valence-electron chi connectivity index (χ4n) is 2.15. The number of nitrogens with two attached hydrogens (primary N) is 1. The summed E-state index contributed by atoms with van der Waals surface area (Å²) in [6.45, 7) is 4.74. The van der Waals surface area contributed by atoms with Gasteiger partial charge < -0.3 is 10.6 Å². The summed E-state index contributed by atoms with van der Waals surface area (Å²) in [5.74, 6) is -0.209. The maximum atomic E-state index is 13.2. The average Bonchev–Trinajstić information content (AvgIpc) is 2.33. The van der Waals surface area contributed by atoms with E-state index in [0.29, 0.717) is 6.54 Å². The molecule has 2 rings (SSSR count). The second-order valence-electron chi connectivity index (χ2n) is 4.98. The summed E-state index contributed by atoms with van der Waals surface area (Å²) >= 11 is 0. The number of rotatable bonds is 3. The molecular formula is C16H19FN2. The van der Waals surface area contributed by atoms with Crippen LogP contribution >= 0.6 is 0 Å². The molecule has 19 heavy (non-hydrogen) atoms. The summed E-state index contributed by atoms with van der Waals surface area (Å²) in [6.07, 6.45) is 0. The molecule has 0 saturated carbocycles. The molecule has 0 aliphatic rings. The van der Waals surface area contributed by atoms with Crippen LogP contribution in [0.25, 0.3) is 0 Å². The third-order valence-corrected chi connectivity index (χ3v) is 3.36. The van der Waals surface area contributed by atoms with Crippen LogP contribution in [-0.2, 0) is 6.54 Å². The number of nitrogens with zero attached hydrogens (tertiary/aromatic N) is 1. The Morgan fingerprint density at radius 2 is 1.79 bits per heavy atom. The average molecular weight is 258 g/mol. The van der Waals surface area contributed by atoms with Gasteiger partial charge in [0.15, 0.2) is 0 Å². The Hall–Kier alpha value is -2.03. The molecule has 0 atom stereocenters. The molecule has 2 nitrogen and oxygen atoms in total. The van der Waals surface area contributed by atoms with Gasteiger partial charge in [-0.3, -0.25) is 0 Å². The van der Waals surface area contributed by atoms with Crippen molar-refractivity contribution >= 4 is 11.4 Å². The minimum Gasteiger partial charge on any atom is -0.397 e. The number of hydrogen-bond donors (Lipinski definition) is 1. The zero-order chi connectivity index (χ0) is 14.0. The van der Waals surface area contributed by atoms with Crippen LogP contribution in [0.15, 0.2) is 36.4 Å². The summed E-state index contributed by atoms with van der Waals surface area (Å²) < 4.78 is 13.2. The molecule has 0 radical (unpaired) electrons. The maximum absolute atomic E-state index is 13.2. The molecule has 3 heteroatoms. The number of anilines is 2. The summed E-state index contributed by atoms with van der Waals surface area (Å²) in [5, 5.41) is 0. The van der Waals surface area contributed by atoms with Crippen LogP contribution in [-0.4, -0.2) is 7.05 Å². The first-order valence-electron chi connectivity index (χ1n) is 6.29. The third kappa shape index (κ3) is 3.05. The van der Waals surface area contributed by atoms with E-state index in [1.807, 2.05) is 31.0 Å². The van der Waals surface area contributed by atoms with Crippen LogP contribution in [0.4, 0.5) is 15.8 Å². The molecule has 0 aliphatic heterocycles. The Morgan fingerprint density at radius 1 is 1.11 bits per heavy atom. The smallest absolute Gasteiger partial charge is 0.123 e. The van der Waals surface area contributed by atoms with Gasteiger partial charge in [0.25, 0.3) is 0 Å². The van der Waals surface area contributed by atoms with Gasteiger partial charge in [-0.15, -0.1) is 0 Å². The van der Waals surface area contributed by atoms with E-state index in [-0.39, 0.29) is 5.82 Å². The Bertz CT molecular complexity index is 593. The van der Waals surface area contributed by atoms with Gasteiger partial charge in [0, 0.05) is 13.6 Å². The molecule has 0 spiro atoms. The van der Waals surface area contributed by atoms with E-state index in [4.69, 9.17) is 5.73 Å². The SMILES string of the molecule is Cc1cc(N)c(N(C)Cc2cccc(F)c2)cc1C. The lowest BCUT2D eigenvalue weighted by molar-refractivity contribution is 0.625. The van der Waals surface area contributed by atoms with E-state index in [0.717, 1.165) is 16.9 Å². The molecule has 0 unspecified atom stereocenters. The Labute approximate surface area is 113 Å². The van der Waals surface area contributed by atoms with Gasteiger partial charge in [-0.1, -0.05) is 12.1 Å². The minimum absolute atomic E-state index is 0.209. The Balaban J connectivity index is 2.25. The molecule has 2 N–H and O–H groups in total. The third-order valence-electron chi connectivity index (χ3n) is 3.36. The monoisotopic (exact) mass is 258 g/mol. The number of halogens is 1. The van der Waals surface area contributed by atoms with Crippen molar-refractivity contribution in [1.29, 1.82) is 0 Å². The summed E-state index contributed by atoms with van der Waals surface area (Å²) in [4.78, 5) is 2.04. The molecule has 2 aromatic rings.